The molecule has 0 aliphatic rings. The molecule has 0 saturated carbocycles. The molecule has 0 aliphatic heterocycles. The Balaban J connectivity index is 1.81. The van der Waals surface area contributed by atoms with E-state index in [1.54, 1.807) is 17.6 Å². The molecule has 0 bridgehead atoms. The van der Waals surface area contributed by atoms with Crippen molar-refractivity contribution in [2.45, 2.75) is 19.9 Å². The fourth-order valence-electron chi connectivity index (χ4n) is 2.69. The van der Waals surface area contributed by atoms with E-state index in [0.717, 1.165) is 34.0 Å². The van der Waals surface area contributed by atoms with Gasteiger partial charge in [0.25, 0.3) is 0 Å². The largest absolute Gasteiger partial charge is 0.467 e. The monoisotopic (exact) mass is 335 g/mol. The van der Waals surface area contributed by atoms with Gasteiger partial charge < -0.3 is 9.73 Å². The second kappa shape index (κ2) is 6.45. The molecule has 4 rings (SSSR count). The molecule has 0 fully saturated rings. The molecule has 0 unspecified atom stereocenters. The number of hydrogen-bond acceptors (Lipinski definition) is 5. The summed E-state index contributed by atoms with van der Waals surface area (Å²) in [5.41, 5.74) is 2.35. The molecule has 5 heteroatoms. The number of hydrogen-bond donors (Lipinski definition) is 1. The highest BCUT2D eigenvalue weighted by atomic mass is 32.1. The fourth-order valence-corrected chi connectivity index (χ4v) is 3.65. The van der Waals surface area contributed by atoms with Crippen LogP contribution >= 0.6 is 11.3 Å². The first-order valence-electron chi connectivity index (χ1n) is 7.95. The Morgan fingerprint density at radius 1 is 1.08 bits per heavy atom. The Hall–Kier alpha value is -2.66. The Labute approximate surface area is 144 Å². The molecule has 3 heterocycles. The third kappa shape index (κ3) is 2.78. The van der Waals surface area contributed by atoms with Crippen LogP contribution in [0.25, 0.3) is 21.3 Å². The summed E-state index contributed by atoms with van der Waals surface area (Å²) in [6, 6.07) is 14.2. The summed E-state index contributed by atoms with van der Waals surface area (Å²) in [6.07, 6.45) is 2.49. The van der Waals surface area contributed by atoms with Gasteiger partial charge in [0.15, 0.2) is 0 Å². The number of rotatable bonds is 5. The number of furan rings is 1. The molecule has 4 aromatic rings. The molecule has 24 heavy (non-hydrogen) atoms. The maximum absolute atomic E-state index is 5.42. The maximum atomic E-state index is 5.42. The van der Waals surface area contributed by atoms with Gasteiger partial charge in [-0.05, 0) is 17.7 Å². The lowest BCUT2D eigenvalue weighted by molar-refractivity contribution is 0.518. The predicted molar refractivity (Wildman–Crippen MR) is 98.3 cm³/mol. The van der Waals surface area contributed by atoms with E-state index in [0.29, 0.717) is 6.54 Å². The standard InChI is InChI=1S/C19H17N3OS/c1-2-16-21-18(20-11-14-9-6-10-23-14)17-15(12-24-19(17)22-16)13-7-4-3-5-8-13/h3-10,12H,2,11H2,1H3,(H,20,21,22). The van der Waals surface area contributed by atoms with Crippen LogP contribution in [0, 0.1) is 0 Å². The summed E-state index contributed by atoms with van der Waals surface area (Å²) in [6.45, 7) is 2.68. The summed E-state index contributed by atoms with van der Waals surface area (Å²) in [5.74, 6) is 2.61. The van der Waals surface area contributed by atoms with Crippen LogP contribution in [-0.2, 0) is 13.0 Å². The van der Waals surface area contributed by atoms with Crippen LogP contribution in [-0.4, -0.2) is 9.97 Å². The Bertz CT molecular complexity index is 946. The molecular formula is C19H17N3OS. The molecule has 0 spiro atoms. The Morgan fingerprint density at radius 3 is 2.71 bits per heavy atom. The minimum atomic E-state index is 0.604. The summed E-state index contributed by atoms with van der Waals surface area (Å²) in [5, 5.41) is 6.66. The van der Waals surface area contributed by atoms with Gasteiger partial charge in [-0.3, -0.25) is 0 Å². The quantitative estimate of drug-likeness (QED) is 0.549. The predicted octanol–water partition coefficient (Wildman–Crippen LogP) is 5.13. The van der Waals surface area contributed by atoms with E-state index >= 15 is 0 Å². The van der Waals surface area contributed by atoms with Gasteiger partial charge in [0, 0.05) is 17.4 Å². The molecule has 120 valence electrons. The lowest BCUT2D eigenvalue weighted by Gasteiger charge is -2.09. The van der Waals surface area contributed by atoms with Gasteiger partial charge in [-0.15, -0.1) is 11.3 Å². The van der Waals surface area contributed by atoms with E-state index in [1.165, 1.54) is 11.1 Å². The zero-order valence-electron chi connectivity index (χ0n) is 13.3. The zero-order chi connectivity index (χ0) is 16.4. The Kier molecular flexibility index (Phi) is 4.01. The summed E-state index contributed by atoms with van der Waals surface area (Å²) >= 11 is 1.66. The first kappa shape index (κ1) is 14.9. The number of benzene rings is 1. The van der Waals surface area contributed by atoms with E-state index in [2.05, 4.69) is 46.9 Å². The third-order valence-electron chi connectivity index (χ3n) is 3.89. The minimum Gasteiger partial charge on any atom is -0.467 e. The highest BCUT2D eigenvalue weighted by Gasteiger charge is 2.15. The molecule has 0 radical (unpaired) electrons. The SMILES string of the molecule is CCc1nc(NCc2ccco2)c2c(-c3ccccc3)csc2n1. The average molecular weight is 335 g/mol. The van der Waals surface area contributed by atoms with E-state index in [-0.39, 0.29) is 0 Å². The molecule has 0 aliphatic carbocycles. The number of nitrogens with one attached hydrogen (secondary N) is 1. The van der Waals surface area contributed by atoms with E-state index in [1.807, 2.05) is 18.2 Å². The van der Waals surface area contributed by atoms with Crippen molar-refractivity contribution in [3.63, 3.8) is 0 Å². The number of thiophene rings is 1. The second-order valence-corrected chi connectivity index (χ2v) is 6.33. The van der Waals surface area contributed by atoms with Crippen molar-refractivity contribution >= 4 is 27.4 Å². The molecular weight excluding hydrogens is 318 g/mol. The van der Waals surface area contributed by atoms with Gasteiger partial charge in [0.1, 0.15) is 22.2 Å². The average Bonchev–Trinajstić information content (AvgIpc) is 3.30. The van der Waals surface area contributed by atoms with Crippen molar-refractivity contribution < 1.29 is 4.42 Å². The molecule has 3 aromatic heterocycles. The van der Waals surface area contributed by atoms with Crippen molar-refractivity contribution in [1.29, 1.82) is 0 Å². The summed E-state index contributed by atoms with van der Waals surface area (Å²) in [7, 11) is 0. The van der Waals surface area contributed by atoms with Crippen molar-refractivity contribution in [1.82, 2.24) is 9.97 Å². The molecule has 0 saturated heterocycles. The topological polar surface area (TPSA) is 51.0 Å². The maximum Gasteiger partial charge on any atom is 0.139 e. The normalized spacial score (nSPS) is 11.0. The molecule has 4 nitrogen and oxygen atoms in total. The lowest BCUT2D eigenvalue weighted by Crippen LogP contribution is -2.04. The van der Waals surface area contributed by atoms with Gasteiger partial charge in [0.2, 0.25) is 0 Å². The van der Waals surface area contributed by atoms with Crippen LogP contribution in [0.1, 0.15) is 18.5 Å². The smallest absolute Gasteiger partial charge is 0.139 e. The number of nitrogens with zero attached hydrogens (tertiary/aromatic N) is 2. The van der Waals surface area contributed by atoms with Crippen LogP contribution in [0.15, 0.2) is 58.5 Å². The van der Waals surface area contributed by atoms with Crippen molar-refractivity contribution in [2.24, 2.45) is 0 Å². The van der Waals surface area contributed by atoms with E-state index in [9.17, 15) is 0 Å². The van der Waals surface area contributed by atoms with Crippen LogP contribution in [0.5, 0.6) is 0 Å². The van der Waals surface area contributed by atoms with Gasteiger partial charge in [-0.25, -0.2) is 9.97 Å². The van der Waals surface area contributed by atoms with Gasteiger partial charge >= 0.3 is 0 Å². The molecule has 0 amide bonds. The van der Waals surface area contributed by atoms with Gasteiger partial charge in [0.05, 0.1) is 18.2 Å². The first-order chi connectivity index (χ1) is 11.8. The number of aromatic nitrogens is 2. The Morgan fingerprint density at radius 2 is 1.96 bits per heavy atom. The summed E-state index contributed by atoms with van der Waals surface area (Å²) in [4.78, 5) is 10.4. The number of fused-ring (bicyclic) bond motifs is 1. The summed E-state index contributed by atoms with van der Waals surface area (Å²) < 4.78 is 5.42. The van der Waals surface area contributed by atoms with Crippen molar-refractivity contribution in [3.05, 3.63) is 65.7 Å². The molecule has 1 aromatic carbocycles. The van der Waals surface area contributed by atoms with Crippen LogP contribution in [0.4, 0.5) is 5.82 Å². The number of anilines is 1. The van der Waals surface area contributed by atoms with Crippen molar-refractivity contribution in [2.75, 3.05) is 5.32 Å². The zero-order valence-corrected chi connectivity index (χ0v) is 14.1. The molecule has 1 N–H and O–H groups in total. The van der Waals surface area contributed by atoms with Gasteiger partial charge in [-0.1, -0.05) is 37.3 Å². The fraction of sp³-hybridized carbons (Fsp3) is 0.158. The van der Waals surface area contributed by atoms with E-state index < -0.39 is 0 Å². The van der Waals surface area contributed by atoms with Gasteiger partial charge in [-0.2, -0.15) is 0 Å². The molecule has 0 atom stereocenters. The third-order valence-corrected chi connectivity index (χ3v) is 4.76. The first-order valence-corrected chi connectivity index (χ1v) is 8.83. The van der Waals surface area contributed by atoms with Crippen LogP contribution in [0.3, 0.4) is 0 Å². The number of aryl methyl sites for hydroxylation is 1. The highest BCUT2D eigenvalue weighted by molar-refractivity contribution is 7.17. The minimum absolute atomic E-state index is 0.604. The van der Waals surface area contributed by atoms with Crippen LogP contribution in [0.2, 0.25) is 0 Å². The second-order valence-electron chi connectivity index (χ2n) is 5.47. The highest BCUT2D eigenvalue weighted by Crippen LogP contribution is 2.37. The van der Waals surface area contributed by atoms with Crippen LogP contribution < -0.4 is 5.32 Å². The van der Waals surface area contributed by atoms with E-state index in [4.69, 9.17) is 9.40 Å². The van der Waals surface area contributed by atoms with Crippen molar-refractivity contribution in [3.8, 4) is 11.1 Å². The lowest BCUT2D eigenvalue weighted by atomic mass is 10.1.